The third-order valence-electron chi connectivity index (χ3n) is 8.74. The lowest BCUT2D eigenvalue weighted by Gasteiger charge is -2.46. The molecule has 0 N–H and O–H groups in total. The van der Waals surface area contributed by atoms with E-state index in [0.717, 1.165) is 0 Å². The zero-order chi connectivity index (χ0) is 27.3. The highest BCUT2D eigenvalue weighted by Gasteiger charge is 2.42. The zero-order valence-electron chi connectivity index (χ0n) is 25.0. The highest BCUT2D eigenvalue weighted by molar-refractivity contribution is 5.87. The number of fused-ring (bicyclic) bond motifs is 2. The molecule has 0 unspecified atom stereocenters. The molecule has 0 radical (unpaired) electrons. The standard InChI is InChI=1S/C20H28.C17H22/c1-14(2)20(15(3)4,16(5)6)19-13-9-11-17-10-7-8-12-18(17)19;1-12(2)17(13(3)4)16-11-7-9-14-8-5-6-10-15(14)16/h7-16H,1-6H3;5-13,17H,1-4H3. The zero-order valence-corrected chi connectivity index (χ0v) is 25.0. The van der Waals surface area contributed by atoms with Crippen LogP contribution in [0.15, 0.2) is 84.9 Å². The van der Waals surface area contributed by atoms with E-state index in [1.165, 1.54) is 32.7 Å². The summed E-state index contributed by atoms with van der Waals surface area (Å²) in [5.74, 6) is 3.86. The number of hydrogen-bond donors (Lipinski definition) is 0. The maximum absolute atomic E-state index is 2.38. The SMILES string of the molecule is CC(C)C(c1cccc2ccccc12)(C(C)C)C(C)C.CC(C)C(c1cccc2ccccc12)C(C)C. The molecule has 0 spiro atoms. The fourth-order valence-electron chi connectivity index (χ4n) is 7.57. The van der Waals surface area contributed by atoms with Crippen LogP contribution >= 0.6 is 0 Å². The molecule has 37 heavy (non-hydrogen) atoms. The smallest absolute Gasteiger partial charge is 0.00280 e. The van der Waals surface area contributed by atoms with Crippen LogP contribution in [0, 0.1) is 29.6 Å². The van der Waals surface area contributed by atoms with Gasteiger partial charge >= 0.3 is 0 Å². The van der Waals surface area contributed by atoms with Gasteiger partial charge in [-0.05, 0) is 68.2 Å². The topological polar surface area (TPSA) is 0 Å². The Bertz CT molecular complexity index is 1230. The number of benzene rings is 4. The summed E-state index contributed by atoms with van der Waals surface area (Å²) in [6.07, 6.45) is 0. The maximum Gasteiger partial charge on any atom is 0.00280 e. The van der Waals surface area contributed by atoms with Crippen molar-refractivity contribution in [3.63, 3.8) is 0 Å². The van der Waals surface area contributed by atoms with E-state index >= 15 is 0 Å². The fourth-order valence-corrected chi connectivity index (χ4v) is 7.57. The Labute approximate surface area is 227 Å². The van der Waals surface area contributed by atoms with Gasteiger partial charge in [0.05, 0.1) is 0 Å². The third-order valence-corrected chi connectivity index (χ3v) is 8.74. The van der Waals surface area contributed by atoms with Crippen molar-refractivity contribution in [3.8, 4) is 0 Å². The van der Waals surface area contributed by atoms with Crippen molar-refractivity contribution in [2.45, 2.75) is 80.6 Å². The molecule has 0 saturated carbocycles. The second kappa shape index (κ2) is 12.3. The molecule has 0 nitrogen and oxygen atoms in total. The Morgan fingerprint density at radius 2 is 0.838 bits per heavy atom. The van der Waals surface area contributed by atoms with Gasteiger partial charge in [0.25, 0.3) is 0 Å². The predicted molar refractivity (Wildman–Crippen MR) is 167 cm³/mol. The van der Waals surface area contributed by atoms with Crippen molar-refractivity contribution in [1.29, 1.82) is 0 Å². The minimum absolute atomic E-state index is 0.223. The summed E-state index contributed by atoms with van der Waals surface area (Å²) < 4.78 is 0. The summed E-state index contributed by atoms with van der Waals surface area (Å²) in [4.78, 5) is 0. The van der Waals surface area contributed by atoms with Crippen molar-refractivity contribution >= 4 is 21.5 Å². The summed E-state index contributed by atoms with van der Waals surface area (Å²) in [6, 6.07) is 31.0. The van der Waals surface area contributed by atoms with Gasteiger partial charge in [-0.25, -0.2) is 0 Å². The van der Waals surface area contributed by atoms with Crippen LogP contribution in [0.25, 0.3) is 21.5 Å². The van der Waals surface area contributed by atoms with Gasteiger partial charge in [0.1, 0.15) is 0 Å². The van der Waals surface area contributed by atoms with Crippen LogP contribution in [0.1, 0.15) is 86.3 Å². The van der Waals surface area contributed by atoms with E-state index in [2.05, 4.69) is 154 Å². The highest BCUT2D eigenvalue weighted by Crippen LogP contribution is 2.47. The Hall–Kier alpha value is -2.60. The molecule has 0 saturated heterocycles. The van der Waals surface area contributed by atoms with Crippen LogP contribution < -0.4 is 0 Å². The molecule has 0 fully saturated rings. The molecular weight excluding hydrogens is 444 g/mol. The van der Waals surface area contributed by atoms with Crippen LogP contribution in [0.3, 0.4) is 0 Å². The van der Waals surface area contributed by atoms with Crippen molar-refractivity contribution in [1.82, 2.24) is 0 Å². The Kier molecular flexibility index (Phi) is 9.63. The second-order valence-electron chi connectivity index (χ2n) is 12.5. The van der Waals surface area contributed by atoms with E-state index in [9.17, 15) is 0 Å². The lowest BCUT2D eigenvalue weighted by molar-refractivity contribution is 0.150. The van der Waals surface area contributed by atoms with E-state index in [1.807, 2.05) is 0 Å². The summed E-state index contributed by atoms with van der Waals surface area (Å²) >= 11 is 0. The van der Waals surface area contributed by atoms with Gasteiger partial charge in [-0.1, -0.05) is 154 Å². The first-order valence-electron chi connectivity index (χ1n) is 14.5. The highest BCUT2D eigenvalue weighted by atomic mass is 14.5. The molecule has 0 aliphatic heterocycles. The van der Waals surface area contributed by atoms with Crippen LogP contribution in [0.5, 0.6) is 0 Å². The molecule has 0 atom stereocenters. The molecule has 198 valence electrons. The van der Waals surface area contributed by atoms with Crippen molar-refractivity contribution in [2.75, 3.05) is 0 Å². The normalized spacial score (nSPS) is 12.4. The molecule has 0 heteroatoms. The Morgan fingerprint density at radius 1 is 0.432 bits per heavy atom. The first-order chi connectivity index (χ1) is 17.5. The minimum atomic E-state index is 0.223. The van der Waals surface area contributed by atoms with Gasteiger partial charge < -0.3 is 0 Å². The molecule has 0 aromatic heterocycles. The summed E-state index contributed by atoms with van der Waals surface area (Å²) in [7, 11) is 0. The average Bonchev–Trinajstić information content (AvgIpc) is 2.84. The molecular formula is C37H50. The van der Waals surface area contributed by atoms with E-state index < -0.39 is 0 Å². The van der Waals surface area contributed by atoms with E-state index in [4.69, 9.17) is 0 Å². The van der Waals surface area contributed by atoms with E-state index in [-0.39, 0.29) is 5.41 Å². The maximum atomic E-state index is 2.38. The van der Waals surface area contributed by atoms with Crippen molar-refractivity contribution < 1.29 is 0 Å². The van der Waals surface area contributed by atoms with E-state index in [1.54, 1.807) is 0 Å². The first-order valence-corrected chi connectivity index (χ1v) is 14.5. The molecule has 0 bridgehead atoms. The Morgan fingerprint density at radius 3 is 1.32 bits per heavy atom. The van der Waals surface area contributed by atoms with Crippen LogP contribution in [0.4, 0.5) is 0 Å². The van der Waals surface area contributed by atoms with Gasteiger partial charge in [0, 0.05) is 5.41 Å². The van der Waals surface area contributed by atoms with Crippen LogP contribution in [-0.4, -0.2) is 0 Å². The molecule has 0 aliphatic carbocycles. The molecule has 0 aliphatic rings. The fraction of sp³-hybridized carbons (Fsp3) is 0.459. The first kappa shape index (κ1) is 29.0. The van der Waals surface area contributed by atoms with Gasteiger partial charge in [-0.2, -0.15) is 0 Å². The van der Waals surface area contributed by atoms with Crippen LogP contribution in [-0.2, 0) is 5.41 Å². The molecule has 4 aromatic carbocycles. The summed E-state index contributed by atoms with van der Waals surface area (Å²) in [5, 5.41) is 5.56. The minimum Gasteiger partial charge on any atom is -0.0622 e. The summed E-state index contributed by atoms with van der Waals surface area (Å²) in [5.41, 5.74) is 3.25. The molecule has 0 amide bonds. The summed E-state index contributed by atoms with van der Waals surface area (Å²) in [6.45, 7) is 23.6. The number of hydrogen-bond acceptors (Lipinski definition) is 0. The van der Waals surface area contributed by atoms with Gasteiger partial charge in [-0.3, -0.25) is 0 Å². The third kappa shape index (κ3) is 5.79. The van der Waals surface area contributed by atoms with E-state index in [0.29, 0.717) is 35.5 Å². The second-order valence-corrected chi connectivity index (χ2v) is 12.5. The van der Waals surface area contributed by atoms with Crippen LogP contribution in [0.2, 0.25) is 0 Å². The van der Waals surface area contributed by atoms with Gasteiger partial charge in [0.2, 0.25) is 0 Å². The van der Waals surface area contributed by atoms with Crippen molar-refractivity contribution in [2.24, 2.45) is 29.6 Å². The van der Waals surface area contributed by atoms with Gasteiger partial charge in [0.15, 0.2) is 0 Å². The van der Waals surface area contributed by atoms with Gasteiger partial charge in [-0.15, -0.1) is 0 Å². The average molecular weight is 495 g/mol. The monoisotopic (exact) mass is 494 g/mol. The molecule has 4 aromatic rings. The lowest BCUT2D eigenvalue weighted by atomic mass is 9.58. The lowest BCUT2D eigenvalue weighted by Crippen LogP contribution is -2.43. The predicted octanol–water partition coefficient (Wildman–Crippen LogP) is 11.3. The van der Waals surface area contributed by atoms with Crippen molar-refractivity contribution in [3.05, 3.63) is 96.1 Å². The Balaban J connectivity index is 0.000000208. The largest absolute Gasteiger partial charge is 0.0622 e. The number of rotatable bonds is 7. The molecule has 4 rings (SSSR count). The quantitative estimate of drug-likeness (QED) is 0.240. The molecule has 0 heterocycles.